The summed E-state index contributed by atoms with van der Waals surface area (Å²) in [5.41, 5.74) is 21.4. The van der Waals surface area contributed by atoms with Crippen LogP contribution in [0.5, 0.6) is 0 Å². The van der Waals surface area contributed by atoms with Crippen molar-refractivity contribution in [2.75, 3.05) is 0 Å². The maximum Gasteiger partial charge on any atom is 0.211 e. The number of hydrogen-bond donors (Lipinski definition) is 0. The fourth-order valence-electron chi connectivity index (χ4n) is 5.29. The summed E-state index contributed by atoms with van der Waals surface area (Å²) in [6, 6.07) is 17.9. The first kappa shape index (κ1) is 28.1. The van der Waals surface area contributed by atoms with Crippen LogP contribution in [0.4, 0.5) is 0 Å². The van der Waals surface area contributed by atoms with Crippen LogP contribution in [-0.4, -0.2) is 4.70 Å². The Morgan fingerprint density at radius 3 is 1.28 bits per heavy atom. The Hall–Kier alpha value is -2.48. The molecule has 0 radical (unpaired) electrons. The third kappa shape index (κ3) is 7.28. The Bertz CT molecular complexity index is 1020. The molecule has 0 atom stereocenters. The second kappa shape index (κ2) is 14.9. The highest BCUT2D eigenvalue weighted by atomic mass is 15.2. The number of unbranched alkanes of at least 4 members (excludes halogenated alkanes) is 6. The van der Waals surface area contributed by atoms with Gasteiger partial charge < -0.3 is 5.53 Å². The van der Waals surface area contributed by atoms with Gasteiger partial charge in [-0.15, -0.1) is 0 Å². The highest BCUT2D eigenvalue weighted by Crippen LogP contribution is 2.44. The lowest BCUT2D eigenvalue weighted by Gasteiger charge is -2.11. The average molecular weight is 485 g/mol. The summed E-state index contributed by atoms with van der Waals surface area (Å²) in [6.45, 7) is 9.01. The molecule has 0 saturated carbocycles. The molecule has 0 amide bonds. The minimum Gasteiger partial charge on any atom is -0.493 e. The third-order valence-electron chi connectivity index (χ3n) is 7.51. The molecule has 2 aromatic carbocycles. The summed E-state index contributed by atoms with van der Waals surface area (Å²) in [4.78, 5) is 0. The highest BCUT2D eigenvalue weighted by Gasteiger charge is 2.34. The van der Waals surface area contributed by atoms with Crippen LogP contribution in [0.25, 0.3) is 16.9 Å². The molecule has 0 unspecified atom stereocenters. The molecular weight excluding hydrogens is 436 g/mol. The standard InChI is InChI=1S/C34H48N2/c1-5-9-13-14-16-28-21-25-30(26-22-28)34-32(18-12-8-4)31(17-11-7-3)33(36(34)35)29-23-19-27(20-24-29)15-10-6-2/h19-26H,5-18H2,1-4H3. The molecular formula is C34H48N2. The summed E-state index contributed by atoms with van der Waals surface area (Å²) in [5, 5.41) is 0. The molecule has 194 valence electrons. The van der Waals surface area contributed by atoms with Crippen molar-refractivity contribution < 1.29 is 4.70 Å². The normalized spacial score (nSPS) is 13.8. The van der Waals surface area contributed by atoms with Gasteiger partial charge in [-0.3, -0.25) is 0 Å². The molecule has 0 aromatic heterocycles. The van der Waals surface area contributed by atoms with Crippen LogP contribution in [0.1, 0.15) is 127 Å². The number of aryl methyl sites for hydroxylation is 2. The SMILES string of the molecule is CCCCCCc1ccc(C2=C(CCCC)C(CCCC)=C(c3ccc(CCCC)cc3)[N+]2=[N-])cc1. The monoisotopic (exact) mass is 484 g/mol. The summed E-state index contributed by atoms with van der Waals surface area (Å²) < 4.78 is 1.52. The first-order valence-corrected chi connectivity index (χ1v) is 14.8. The molecule has 1 aliphatic rings. The zero-order chi connectivity index (χ0) is 25.8. The Morgan fingerprint density at radius 2 is 0.861 bits per heavy atom. The molecule has 3 rings (SSSR count). The summed E-state index contributed by atoms with van der Waals surface area (Å²) in [6.07, 6.45) is 16.5. The van der Waals surface area contributed by atoms with Gasteiger partial charge in [0.25, 0.3) is 0 Å². The van der Waals surface area contributed by atoms with Gasteiger partial charge in [0, 0.05) is 22.3 Å². The van der Waals surface area contributed by atoms with Gasteiger partial charge in [-0.25, -0.2) is 4.70 Å². The topological polar surface area (TPSA) is 25.3 Å². The number of rotatable bonds is 16. The summed E-state index contributed by atoms with van der Waals surface area (Å²) in [7, 11) is 0. The molecule has 0 fully saturated rings. The Labute approximate surface area is 221 Å². The van der Waals surface area contributed by atoms with Crippen LogP contribution < -0.4 is 0 Å². The molecule has 0 N–H and O–H groups in total. The van der Waals surface area contributed by atoms with E-state index in [1.165, 1.54) is 65.5 Å². The van der Waals surface area contributed by atoms with E-state index in [2.05, 4.69) is 76.2 Å². The van der Waals surface area contributed by atoms with Crippen molar-refractivity contribution in [1.29, 1.82) is 0 Å². The van der Waals surface area contributed by atoms with Crippen LogP contribution >= 0.6 is 0 Å². The van der Waals surface area contributed by atoms with E-state index in [0.29, 0.717) is 0 Å². The van der Waals surface area contributed by atoms with E-state index < -0.39 is 0 Å². The van der Waals surface area contributed by atoms with Gasteiger partial charge in [-0.05, 0) is 86.8 Å². The molecule has 2 heteroatoms. The van der Waals surface area contributed by atoms with Gasteiger partial charge in [-0.2, -0.15) is 0 Å². The quantitative estimate of drug-likeness (QED) is 0.167. The van der Waals surface area contributed by atoms with E-state index in [-0.39, 0.29) is 0 Å². The molecule has 0 bridgehead atoms. The van der Waals surface area contributed by atoms with E-state index >= 15 is 0 Å². The molecule has 1 aliphatic heterocycles. The van der Waals surface area contributed by atoms with E-state index in [4.69, 9.17) is 0 Å². The predicted octanol–water partition coefficient (Wildman–Crippen LogP) is 10.7. The number of hydrogen-bond acceptors (Lipinski definition) is 0. The summed E-state index contributed by atoms with van der Waals surface area (Å²) in [5.74, 6) is 0. The van der Waals surface area contributed by atoms with Crippen LogP contribution in [0.15, 0.2) is 59.7 Å². The Balaban J connectivity index is 1.95. The third-order valence-corrected chi connectivity index (χ3v) is 7.51. The van der Waals surface area contributed by atoms with Crippen molar-refractivity contribution in [3.05, 3.63) is 87.5 Å². The molecule has 0 saturated heterocycles. The number of allylic oxidation sites excluding steroid dienone is 2. The maximum absolute atomic E-state index is 11.7. The second-order valence-corrected chi connectivity index (χ2v) is 10.5. The summed E-state index contributed by atoms with van der Waals surface area (Å²) >= 11 is 0. The fraction of sp³-hybridized carbons (Fsp3) is 0.529. The zero-order valence-corrected chi connectivity index (χ0v) is 23.4. The van der Waals surface area contributed by atoms with Crippen molar-refractivity contribution in [2.24, 2.45) is 0 Å². The van der Waals surface area contributed by atoms with Crippen LogP contribution in [0.2, 0.25) is 0 Å². The number of nitrogens with zero attached hydrogens (tertiary/aromatic N) is 2. The van der Waals surface area contributed by atoms with Crippen LogP contribution in [0.3, 0.4) is 0 Å². The average Bonchev–Trinajstić information content (AvgIpc) is 3.18. The largest absolute Gasteiger partial charge is 0.493 e. The van der Waals surface area contributed by atoms with Crippen molar-refractivity contribution in [3.63, 3.8) is 0 Å². The van der Waals surface area contributed by atoms with Gasteiger partial charge >= 0.3 is 0 Å². The van der Waals surface area contributed by atoms with Gasteiger partial charge in [0.15, 0.2) is 0 Å². The molecule has 36 heavy (non-hydrogen) atoms. The van der Waals surface area contributed by atoms with Gasteiger partial charge in [0.2, 0.25) is 11.4 Å². The Kier molecular flexibility index (Phi) is 11.7. The van der Waals surface area contributed by atoms with Crippen molar-refractivity contribution >= 4 is 11.4 Å². The van der Waals surface area contributed by atoms with E-state index in [1.54, 1.807) is 0 Å². The lowest BCUT2D eigenvalue weighted by molar-refractivity contribution is -0.345. The molecule has 0 spiro atoms. The van der Waals surface area contributed by atoms with Crippen molar-refractivity contribution in [3.8, 4) is 0 Å². The minimum absolute atomic E-state index is 0.996. The van der Waals surface area contributed by atoms with Gasteiger partial charge in [-0.1, -0.05) is 90.5 Å². The smallest absolute Gasteiger partial charge is 0.211 e. The number of benzene rings is 2. The first-order valence-electron chi connectivity index (χ1n) is 14.8. The molecule has 2 nitrogen and oxygen atoms in total. The molecule has 0 aliphatic carbocycles. The first-order chi connectivity index (χ1) is 17.6. The second-order valence-electron chi connectivity index (χ2n) is 10.5. The lowest BCUT2D eigenvalue weighted by Crippen LogP contribution is -2.03. The van der Waals surface area contributed by atoms with Crippen LogP contribution in [0, 0.1) is 0 Å². The van der Waals surface area contributed by atoms with Gasteiger partial charge in [0.05, 0.1) is 0 Å². The molecule has 1 heterocycles. The van der Waals surface area contributed by atoms with E-state index in [9.17, 15) is 5.53 Å². The predicted molar refractivity (Wildman–Crippen MR) is 156 cm³/mol. The zero-order valence-electron chi connectivity index (χ0n) is 23.4. The maximum atomic E-state index is 11.7. The van der Waals surface area contributed by atoms with Crippen molar-refractivity contribution in [2.45, 2.75) is 118 Å². The lowest BCUT2D eigenvalue weighted by atomic mass is 9.92. The van der Waals surface area contributed by atoms with E-state index in [0.717, 1.165) is 73.9 Å². The van der Waals surface area contributed by atoms with E-state index in [1.807, 2.05) is 0 Å². The highest BCUT2D eigenvalue weighted by molar-refractivity contribution is 5.82. The van der Waals surface area contributed by atoms with Gasteiger partial charge in [0.1, 0.15) is 0 Å². The Morgan fingerprint density at radius 1 is 0.472 bits per heavy atom. The van der Waals surface area contributed by atoms with Crippen molar-refractivity contribution in [1.82, 2.24) is 0 Å². The minimum atomic E-state index is 0.996. The van der Waals surface area contributed by atoms with Crippen LogP contribution in [-0.2, 0) is 12.8 Å². The molecule has 2 aromatic rings. The fourth-order valence-corrected chi connectivity index (χ4v) is 5.29.